The molecule has 1 aromatic carbocycles. The predicted octanol–water partition coefficient (Wildman–Crippen LogP) is 3.68. The van der Waals surface area contributed by atoms with E-state index in [0.717, 1.165) is 61.7 Å². The van der Waals surface area contributed by atoms with Crippen molar-refractivity contribution in [3.8, 4) is 11.1 Å². The largest absolute Gasteiger partial charge is 0.379 e. The topological polar surface area (TPSA) is 66.1 Å². The summed E-state index contributed by atoms with van der Waals surface area (Å²) in [4.78, 5) is 7.06. The molecule has 4 rings (SSSR count). The smallest absolute Gasteiger partial charge is 0.127 e. The molecule has 8 heteroatoms. The van der Waals surface area contributed by atoms with E-state index in [1.807, 2.05) is 18.3 Å². The van der Waals surface area contributed by atoms with Crippen LogP contribution in [0.1, 0.15) is 0 Å². The number of ether oxygens (including phenoxy) is 1. The highest BCUT2D eigenvalue weighted by molar-refractivity contribution is 6.45. The monoisotopic (exact) mass is 391 g/mol. The molecule has 6 nitrogen and oxygen atoms in total. The molecular weight excluding hydrogens is 373 g/mol. The van der Waals surface area contributed by atoms with E-state index in [1.165, 1.54) is 0 Å². The summed E-state index contributed by atoms with van der Waals surface area (Å²) < 4.78 is 5.38. The zero-order chi connectivity index (χ0) is 17.9. The van der Waals surface area contributed by atoms with Crippen molar-refractivity contribution < 1.29 is 4.74 Å². The third-order valence-electron chi connectivity index (χ3n) is 4.52. The Hall–Kier alpha value is -1.86. The number of hydrogen-bond donors (Lipinski definition) is 2. The Morgan fingerprint density at radius 2 is 2.08 bits per heavy atom. The molecular formula is C18H19Cl2N5O. The number of nitrogens with zero attached hydrogens (tertiary/aromatic N) is 3. The molecule has 3 heterocycles. The summed E-state index contributed by atoms with van der Waals surface area (Å²) >= 11 is 12.6. The minimum atomic E-state index is 0.464. The third kappa shape index (κ3) is 3.64. The first-order valence-corrected chi connectivity index (χ1v) is 9.30. The number of fused-ring (bicyclic) bond motifs is 1. The Morgan fingerprint density at radius 3 is 2.85 bits per heavy atom. The minimum Gasteiger partial charge on any atom is -0.379 e. The van der Waals surface area contributed by atoms with Crippen LogP contribution in [0.15, 0.2) is 30.6 Å². The Bertz CT molecular complexity index is 894. The van der Waals surface area contributed by atoms with E-state index in [4.69, 9.17) is 27.9 Å². The summed E-state index contributed by atoms with van der Waals surface area (Å²) in [5, 5.41) is 12.2. The van der Waals surface area contributed by atoms with Crippen LogP contribution in [0.2, 0.25) is 10.0 Å². The van der Waals surface area contributed by atoms with Crippen molar-refractivity contribution in [2.45, 2.75) is 0 Å². The molecule has 0 aliphatic carbocycles. The fraction of sp³-hybridized carbons (Fsp3) is 0.333. The van der Waals surface area contributed by atoms with Gasteiger partial charge in [-0.3, -0.25) is 10.00 Å². The van der Waals surface area contributed by atoms with Crippen LogP contribution >= 0.6 is 23.2 Å². The summed E-state index contributed by atoms with van der Waals surface area (Å²) in [6, 6.07) is 5.76. The quantitative estimate of drug-likeness (QED) is 0.694. The van der Waals surface area contributed by atoms with Crippen molar-refractivity contribution >= 4 is 39.9 Å². The Kier molecular flexibility index (Phi) is 5.26. The highest BCUT2D eigenvalue weighted by Gasteiger charge is 2.14. The molecule has 1 saturated heterocycles. The van der Waals surface area contributed by atoms with Gasteiger partial charge in [0.2, 0.25) is 0 Å². The van der Waals surface area contributed by atoms with Crippen molar-refractivity contribution in [1.82, 2.24) is 20.1 Å². The first kappa shape index (κ1) is 17.5. The molecule has 1 aliphatic rings. The highest BCUT2D eigenvalue weighted by atomic mass is 35.5. The second kappa shape index (κ2) is 7.80. The standard InChI is InChI=1S/C18H19Cl2N5O/c19-15-2-1-13-14(12-10-22-23-11-12)9-16(24-18(13)17(15)20)21-3-4-25-5-7-26-8-6-25/h1-2,9-11H,3-8H2,(H,21,24)(H,22,23). The van der Waals surface area contributed by atoms with Crippen LogP contribution in [-0.2, 0) is 4.74 Å². The summed E-state index contributed by atoms with van der Waals surface area (Å²) in [5.41, 5.74) is 2.68. The Balaban J connectivity index is 1.63. The number of H-pyrrole nitrogens is 1. The summed E-state index contributed by atoms with van der Waals surface area (Å²) in [5.74, 6) is 0.770. The maximum absolute atomic E-state index is 6.42. The number of hydrogen-bond acceptors (Lipinski definition) is 5. The lowest BCUT2D eigenvalue weighted by Gasteiger charge is -2.26. The third-order valence-corrected chi connectivity index (χ3v) is 5.31. The fourth-order valence-electron chi connectivity index (χ4n) is 3.13. The van der Waals surface area contributed by atoms with Gasteiger partial charge in [-0.15, -0.1) is 0 Å². The molecule has 0 amide bonds. The van der Waals surface area contributed by atoms with Gasteiger partial charge in [-0.2, -0.15) is 5.10 Å². The lowest BCUT2D eigenvalue weighted by molar-refractivity contribution is 0.0398. The molecule has 0 bridgehead atoms. The van der Waals surface area contributed by atoms with E-state index in [9.17, 15) is 0 Å². The first-order valence-electron chi connectivity index (χ1n) is 8.54. The van der Waals surface area contributed by atoms with Gasteiger partial charge in [-0.05, 0) is 17.7 Å². The van der Waals surface area contributed by atoms with Crippen LogP contribution in [0.4, 0.5) is 5.82 Å². The van der Waals surface area contributed by atoms with Crippen LogP contribution in [0, 0.1) is 0 Å². The number of aromatic amines is 1. The predicted molar refractivity (Wildman–Crippen MR) is 105 cm³/mol. The maximum atomic E-state index is 6.42. The van der Waals surface area contributed by atoms with Crippen LogP contribution < -0.4 is 5.32 Å². The van der Waals surface area contributed by atoms with Gasteiger partial charge in [0.25, 0.3) is 0 Å². The molecule has 2 aromatic heterocycles. The average Bonchev–Trinajstić information content (AvgIpc) is 3.20. The number of benzene rings is 1. The first-order chi connectivity index (χ1) is 12.7. The van der Waals surface area contributed by atoms with Gasteiger partial charge in [-0.1, -0.05) is 29.3 Å². The fourth-order valence-corrected chi connectivity index (χ4v) is 3.49. The van der Waals surface area contributed by atoms with Crippen LogP contribution in [-0.4, -0.2) is 59.5 Å². The van der Waals surface area contributed by atoms with Gasteiger partial charge in [0.05, 0.1) is 35.0 Å². The molecule has 1 aliphatic heterocycles. The van der Waals surface area contributed by atoms with Crippen LogP contribution in [0.25, 0.3) is 22.0 Å². The molecule has 136 valence electrons. The maximum Gasteiger partial charge on any atom is 0.127 e. The SMILES string of the molecule is Clc1ccc2c(-c3cn[nH]c3)cc(NCCN3CCOCC3)nc2c1Cl. The van der Waals surface area contributed by atoms with Gasteiger partial charge in [0.15, 0.2) is 0 Å². The molecule has 0 radical (unpaired) electrons. The van der Waals surface area contributed by atoms with Gasteiger partial charge in [0.1, 0.15) is 5.82 Å². The van der Waals surface area contributed by atoms with Crippen molar-refractivity contribution in [1.29, 1.82) is 0 Å². The summed E-state index contributed by atoms with van der Waals surface area (Å²) in [6.45, 7) is 5.26. The molecule has 0 unspecified atom stereocenters. The Morgan fingerprint density at radius 1 is 1.23 bits per heavy atom. The number of aromatic nitrogens is 3. The Labute approximate surface area is 161 Å². The average molecular weight is 392 g/mol. The highest BCUT2D eigenvalue weighted by Crippen LogP contribution is 2.36. The van der Waals surface area contributed by atoms with Crippen molar-refractivity contribution in [3.05, 3.63) is 40.6 Å². The second-order valence-corrected chi connectivity index (χ2v) is 6.97. The molecule has 0 saturated carbocycles. The van der Waals surface area contributed by atoms with E-state index < -0.39 is 0 Å². The van der Waals surface area contributed by atoms with Gasteiger partial charge in [-0.25, -0.2) is 4.98 Å². The normalized spacial score (nSPS) is 15.5. The zero-order valence-corrected chi connectivity index (χ0v) is 15.6. The molecule has 1 fully saturated rings. The lowest BCUT2D eigenvalue weighted by Crippen LogP contribution is -2.39. The lowest BCUT2D eigenvalue weighted by atomic mass is 10.0. The molecule has 3 aromatic rings. The van der Waals surface area contributed by atoms with Crippen LogP contribution in [0.3, 0.4) is 0 Å². The zero-order valence-electron chi connectivity index (χ0n) is 14.1. The van der Waals surface area contributed by atoms with E-state index in [1.54, 1.807) is 12.3 Å². The number of rotatable bonds is 5. The van der Waals surface area contributed by atoms with Crippen molar-refractivity contribution in [2.24, 2.45) is 0 Å². The van der Waals surface area contributed by atoms with Gasteiger partial charge in [0, 0.05) is 43.3 Å². The minimum absolute atomic E-state index is 0.464. The molecule has 0 spiro atoms. The summed E-state index contributed by atoms with van der Waals surface area (Å²) in [7, 11) is 0. The molecule has 26 heavy (non-hydrogen) atoms. The van der Waals surface area contributed by atoms with E-state index in [0.29, 0.717) is 15.6 Å². The number of anilines is 1. The van der Waals surface area contributed by atoms with Crippen molar-refractivity contribution in [3.63, 3.8) is 0 Å². The molecule has 0 atom stereocenters. The van der Waals surface area contributed by atoms with Crippen LogP contribution in [0.5, 0.6) is 0 Å². The number of morpholine rings is 1. The number of halogens is 2. The van der Waals surface area contributed by atoms with Crippen molar-refractivity contribution in [2.75, 3.05) is 44.7 Å². The van der Waals surface area contributed by atoms with E-state index in [-0.39, 0.29) is 0 Å². The molecule has 2 N–H and O–H groups in total. The van der Waals surface area contributed by atoms with E-state index >= 15 is 0 Å². The van der Waals surface area contributed by atoms with E-state index in [2.05, 4.69) is 25.4 Å². The number of pyridine rings is 1. The van der Waals surface area contributed by atoms with Gasteiger partial charge >= 0.3 is 0 Å². The summed E-state index contributed by atoms with van der Waals surface area (Å²) in [6.07, 6.45) is 3.64. The second-order valence-electron chi connectivity index (χ2n) is 6.18. The van der Waals surface area contributed by atoms with Gasteiger partial charge < -0.3 is 10.1 Å². The number of nitrogens with one attached hydrogen (secondary N) is 2.